The summed E-state index contributed by atoms with van der Waals surface area (Å²) in [5.74, 6) is 0.180. The average Bonchev–Trinajstić information content (AvgIpc) is 3.54. The van der Waals surface area contributed by atoms with Crippen molar-refractivity contribution in [3.8, 4) is 0 Å². The van der Waals surface area contributed by atoms with E-state index in [9.17, 15) is 24.3 Å². The first kappa shape index (κ1) is 36.6. The van der Waals surface area contributed by atoms with Gasteiger partial charge in [-0.2, -0.15) is 0 Å². The summed E-state index contributed by atoms with van der Waals surface area (Å²) in [4.78, 5) is 54.8. The van der Waals surface area contributed by atoms with Gasteiger partial charge >= 0.3 is 11.9 Å². The zero-order valence-electron chi connectivity index (χ0n) is 32.1. The van der Waals surface area contributed by atoms with E-state index < -0.39 is 22.9 Å². The first-order valence-corrected chi connectivity index (χ1v) is 19.4. The Balaban J connectivity index is 1.29. The number of nitrogens with zero attached hydrogens (tertiary/aromatic N) is 1. The molecule has 0 aromatic carbocycles. The standard InChI is InChI=1S/C41H64N2O6/c1-24(2)32-27(44)22-41(42-34(46)26-12-11-21-43(26)10)20-19-39(8)25(33(32)41)13-14-29-38(7)17-16-30(49-31(45)23-36(3,4)35(47)48)37(5,6)28(38)15-18-40(29,39)9/h24-26,28-30H,11-23H2,1-10H3,(H,42,46)(H,47,48)/t25-,26?,28+,29-,30+,38+,39-,40-,41-/m1/s1. The fourth-order valence-corrected chi connectivity index (χ4v) is 13.1. The maximum Gasteiger partial charge on any atom is 0.309 e. The highest BCUT2D eigenvalue weighted by molar-refractivity contribution is 6.02. The van der Waals surface area contributed by atoms with Gasteiger partial charge in [0.1, 0.15) is 6.10 Å². The molecule has 49 heavy (non-hydrogen) atoms. The van der Waals surface area contributed by atoms with E-state index in [1.807, 2.05) is 7.05 Å². The second-order valence-electron chi connectivity index (χ2n) is 19.6. The number of nitrogens with one attached hydrogen (secondary N) is 1. The number of hydrogen-bond donors (Lipinski definition) is 2. The monoisotopic (exact) mass is 680 g/mol. The normalized spacial score (nSPS) is 41.9. The van der Waals surface area contributed by atoms with E-state index in [0.717, 1.165) is 76.3 Å². The van der Waals surface area contributed by atoms with E-state index in [-0.39, 0.29) is 63.8 Å². The lowest BCUT2D eigenvalue weighted by molar-refractivity contribution is -0.232. The van der Waals surface area contributed by atoms with Crippen LogP contribution in [0, 0.1) is 50.7 Å². The molecule has 2 N–H and O–H groups in total. The van der Waals surface area contributed by atoms with Gasteiger partial charge in [0.2, 0.25) is 5.91 Å². The fourth-order valence-electron chi connectivity index (χ4n) is 13.1. The van der Waals surface area contributed by atoms with Crippen molar-refractivity contribution in [3.05, 3.63) is 11.1 Å². The van der Waals surface area contributed by atoms with Crippen molar-refractivity contribution in [2.75, 3.05) is 13.6 Å². The molecule has 0 spiro atoms. The van der Waals surface area contributed by atoms with Gasteiger partial charge in [0, 0.05) is 11.8 Å². The molecule has 4 saturated carbocycles. The van der Waals surface area contributed by atoms with Crippen LogP contribution in [0.25, 0.3) is 0 Å². The minimum Gasteiger partial charge on any atom is -0.481 e. The number of ketones is 1. The highest BCUT2D eigenvalue weighted by Gasteiger charge is 2.70. The maximum atomic E-state index is 13.9. The van der Waals surface area contributed by atoms with Crippen LogP contribution in [-0.2, 0) is 23.9 Å². The summed E-state index contributed by atoms with van der Waals surface area (Å²) in [6.45, 7) is 20.6. The number of carboxylic acids is 1. The van der Waals surface area contributed by atoms with E-state index >= 15 is 0 Å². The smallest absolute Gasteiger partial charge is 0.309 e. The third-order valence-electron chi connectivity index (χ3n) is 16.0. The highest BCUT2D eigenvalue weighted by Crippen LogP contribution is 2.76. The van der Waals surface area contributed by atoms with Gasteiger partial charge < -0.3 is 15.2 Å². The number of fused-ring (bicyclic) bond motifs is 7. The van der Waals surface area contributed by atoms with Gasteiger partial charge in [0.05, 0.1) is 23.4 Å². The average molecular weight is 681 g/mol. The third-order valence-corrected chi connectivity index (χ3v) is 16.0. The first-order valence-electron chi connectivity index (χ1n) is 19.4. The second kappa shape index (κ2) is 11.9. The van der Waals surface area contributed by atoms with Gasteiger partial charge in [0.25, 0.3) is 0 Å². The number of allylic oxidation sites excluding steroid dienone is 1. The van der Waals surface area contributed by atoms with Crippen molar-refractivity contribution < 1.29 is 29.0 Å². The van der Waals surface area contributed by atoms with Crippen LogP contribution in [0.5, 0.6) is 0 Å². The number of Topliss-reactive ketones (excluding diaryl/α,β-unsaturated/α-hetero) is 1. The third kappa shape index (κ3) is 5.37. The number of carbonyl (C=O) groups is 4. The van der Waals surface area contributed by atoms with Crippen molar-refractivity contribution in [3.63, 3.8) is 0 Å². The molecule has 1 heterocycles. The zero-order chi connectivity index (χ0) is 36.1. The molecule has 0 bridgehead atoms. The fraction of sp³-hybridized carbons (Fsp3) is 0.854. The topological polar surface area (TPSA) is 113 Å². The Morgan fingerprint density at radius 2 is 1.63 bits per heavy atom. The van der Waals surface area contributed by atoms with E-state index in [2.05, 4.69) is 58.7 Å². The van der Waals surface area contributed by atoms with Crippen LogP contribution in [0.2, 0.25) is 0 Å². The zero-order valence-corrected chi connectivity index (χ0v) is 32.1. The Bertz CT molecular complexity index is 1450. The van der Waals surface area contributed by atoms with Crippen LogP contribution in [0.4, 0.5) is 0 Å². The van der Waals surface area contributed by atoms with Gasteiger partial charge in [-0.3, -0.25) is 24.1 Å². The van der Waals surface area contributed by atoms with Crippen molar-refractivity contribution in [1.82, 2.24) is 10.2 Å². The number of likely N-dealkylation sites (tertiary alicyclic amines) is 1. The largest absolute Gasteiger partial charge is 0.481 e. The number of ether oxygens (including phenoxy) is 1. The van der Waals surface area contributed by atoms with Crippen LogP contribution in [0.15, 0.2) is 11.1 Å². The summed E-state index contributed by atoms with van der Waals surface area (Å²) in [6.07, 6.45) is 9.79. The minimum absolute atomic E-state index is 0.00175. The molecule has 6 rings (SSSR count). The van der Waals surface area contributed by atoms with Gasteiger partial charge in [-0.05, 0) is 143 Å². The van der Waals surface area contributed by atoms with Crippen LogP contribution >= 0.6 is 0 Å². The molecule has 1 amide bonds. The van der Waals surface area contributed by atoms with E-state index in [4.69, 9.17) is 4.74 Å². The molecule has 0 radical (unpaired) electrons. The Morgan fingerprint density at radius 3 is 2.24 bits per heavy atom. The van der Waals surface area contributed by atoms with Crippen LogP contribution in [-0.4, -0.2) is 64.9 Å². The summed E-state index contributed by atoms with van der Waals surface area (Å²) in [5.41, 5.74) is 0.449. The Labute approximate surface area is 294 Å². The Hall–Kier alpha value is -2.22. The van der Waals surface area contributed by atoms with Crippen LogP contribution < -0.4 is 5.32 Å². The Kier molecular flexibility index (Phi) is 8.89. The number of hydrogen-bond acceptors (Lipinski definition) is 6. The molecule has 8 nitrogen and oxygen atoms in total. The Morgan fingerprint density at radius 1 is 0.939 bits per heavy atom. The molecule has 8 heteroatoms. The molecule has 1 saturated heterocycles. The predicted molar refractivity (Wildman–Crippen MR) is 189 cm³/mol. The molecule has 5 fully saturated rings. The highest BCUT2D eigenvalue weighted by atomic mass is 16.5. The molecule has 1 aliphatic heterocycles. The van der Waals surface area contributed by atoms with E-state index in [1.165, 1.54) is 5.57 Å². The second-order valence-corrected chi connectivity index (χ2v) is 19.6. The molecule has 1 unspecified atom stereocenters. The quantitative estimate of drug-likeness (QED) is 0.271. The molecular formula is C41H64N2O6. The number of aliphatic carboxylic acids is 1. The maximum absolute atomic E-state index is 13.9. The summed E-state index contributed by atoms with van der Waals surface area (Å²) >= 11 is 0. The van der Waals surface area contributed by atoms with Crippen molar-refractivity contribution in [2.45, 2.75) is 157 Å². The summed E-state index contributed by atoms with van der Waals surface area (Å²) in [6, 6.07) is -0.118. The number of rotatable bonds is 7. The van der Waals surface area contributed by atoms with Gasteiger partial charge in [-0.25, -0.2) is 0 Å². The predicted octanol–water partition coefficient (Wildman–Crippen LogP) is 7.34. The van der Waals surface area contributed by atoms with Gasteiger partial charge in [0.15, 0.2) is 5.78 Å². The van der Waals surface area contributed by atoms with Crippen molar-refractivity contribution in [1.29, 1.82) is 0 Å². The van der Waals surface area contributed by atoms with E-state index in [0.29, 0.717) is 18.3 Å². The minimum atomic E-state index is -1.16. The lowest BCUT2D eigenvalue weighted by Crippen LogP contribution is -2.67. The summed E-state index contributed by atoms with van der Waals surface area (Å²) < 4.78 is 6.15. The number of likely N-dealkylation sites (N-methyl/N-ethyl adjacent to an activating group) is 1. The molecule has 6 aliphatic rings. The number of esters is 1. The lowest BCUT2D eigenvalue weighted by atomic mass is 9.33. The number of carbonyl (C=O) groups excluding carboxylic acids is 3. The molecule has 5 aliphatic carbocycles. The van der Waals surface area contributed by atoms with Crippen molar-refractivity contribution >= 4 is 23.6 Å². The molecule has 0 aromatic heterocycles. The van der Waals surface area contributed by atoms with Gasteiger partial charge in [-0.1, -0.05) is 48.5 Å². The molecule has 274 valence electrons. The molecular weight excluding hydrogens is 616 g/mol. The molecule has 0 aromatic rings. The van der Waals surface area contributed by atoms with E-state index in [1.54, 1.807) is 13.8 Å². The number of amides is 1. The summed E-state index contributed by atoms with van der Waals surface area (Å²) in [7, 11) is 2.04. The van der Waals surface area contributed by atoms with Gasteiger partial charge in [-0.15, -0.1) is 0 Å². The van der Waals surface area contributed by atoms with Crippen molar-refractivity contribution in [2.24, 2.45) is 50.7 Å². The lowest BCUT2D eigenvalue weighted by Gasteiger charge is -2.72. The first-order chi connectivity index (χ1) is 22.6. The SMILES string of the molecule is CC(C)C1=C2[C@H]3CC[C@@H]4[C@@]5(C)CC[C@H](OC(=O)CC(C)(C)C(=O)O)C(C)(C)[C@@H]5CC[C@@]4(C)[C@]3(C)CC[C@@]2(NC(=O)C2CCCN2C)CC1=O. The van der Waals surface area contributed by atoms with Crippen LogP contribution in [0.1, 0.15) is 139 Å². The van der Waals surface area contributed by atoms with Crippen LogP contribution in [0.3, 0.4) is 0 Å². The molecule has 9 atom stereocenters. The number of carboxylic acid groups (broad SMARTS) is 1. The summed E-state index contributed by atoms with van der Waals surface area (Å²) in [5, 5.41) is 13.2.